The first-order valence-electron chi connectivity index (χ1n) is 10.6. The molecule has 150 valence electrons. The van der Waals surface area contributed by atoms with Gasteiger partial charge in [0.1, 0.15) is 0 Å². The van der Waals surface area contributed by atoms with Gasteiger partial charge in [-0.15, -0.1) is 0 Å². The molecule has 0 saturated carbocycles. The lowest BCUT2D eigenvalue weighted by molar-refractivity contribution is 1.18. The summed E-state index contributed by atoms with van der Waals surface area (Å²) in [6.07, 6.45) is 0. The van der Waals surface area contributed by atoms with E-state index >= 15 is 0 Å². The first kappa shape index (κ1) is 21.5. The van der Waals surface area contributed by atoms with Crippen molar-refractivity contribution in [1.82, 2.24) is 0 Å². The van der Waals surface area contributed by atoms with E-state index in [0.717, 1.165) is 6.04 Å². The van der Waals surface area contributed by atoms with Crippen molar-refractivity contribution in [2.75, 3.05) is 0 Å². The van der Waals surface area contributed by atoms with Crippen LogP contribution in [0.5, 0.6) is 0 Å². The molecule has 3 aromatic carbocycles. The Hall–Kier alpha value is -2.17. The zero-order valence-electron chi connectivity index (χ0n) is 18.6. The SMILES string of the molecule is C/C(C[Si](C)(C)C)=C(/C)C[Si](c1ccccc1)(c1ccccc1)c1ccccc1. The Morgan fingerprint density at radius 3 is 1.14 bits per heavy atom. The fraction of sp³-hybridized carbons (Fsp3) is 0.259. The first-order chi connectivity index (χ1) is 13.8. The predicted molar refractivity (Wildman–Crippen MR) is 135 cm³/mol. The molecule has 0 unspecified atom stereocenters. The van der Waals surface area contributed by atoms with Gasteiger partial charge in [0.15, 0.2) is 8.07 Å². The summed E-state index contributed by atoms with van der Waals surface area (Å²) in [6.45, 7) is 12.2. The van der Waals surface area contributed by atoms with Gasteiger partial charge in [0.25, 0.3) is 0 Å². The topological polar surface area (TPSA) is 0 Å². The molecule has 0 radical (unpaired) electrons. The second-order valence-electron chi connectivity index (χ2n) is 9.48. The van der Waals surface area contributed by atoms with Gasteiger partial charge in [0.2, 0.25) is 0 Å². The second-order valence-corrected chi connectivity index (χ2v) is 18.8. The van der Waals surface area contributed by atoms with Crippen molar-refractivity contribution in [2.45, 2.75) is 45.6 Å². The van der Waals surface area contributed by atoms with Crippen molar-refractivity contribution >= 4 is 31.7 Å². The van der Waals surface area contributed by atoms with Gasteiger partial charge in [-0.05, 0) is 41.5 Å². The van der Waals surface area contributed by atoms with Crippen LogP contribution in [0.15, 0.2) is 102 Å². The van der Waals surface area contributed by atoms with Crippen LogP contribution in [-0.4, -0.2) is 16.1 Å². The average Bonchev–Trinajstić information content (AvgIpc) is 2.72. The molecule has 2 heteroatoms. The van der Waals surface area contributed by atoms with Crippen molar-refractivity contribution in [2.24, 2.45) is 0 Å². The lowest BCUT2D eigenvalue weighted by Gasteiger charge is -2.35. The molecule has 0 saturated heterocycles. The summed E-state index contributed by atoms with van der Waals surface area (Å²) in [5.74, 6) is 0. The molecule has 0 heterocycles. The van der Waals surface area contributed by atoms with E-state index in [0.29, 0.717) is 0 Å². The van der Waals surface area contributed by atoms with Crippen molar-refractivity contribution in [3.05, 3.63) is 102 Å². The molecule has 0 bridgehead atoms. The number of hydrogen-bond donors (Lipinski definition) is 0. The van der Waals surface area contributed by atoms with Crippen LogP contribution in [0, 0.1) is 0 Å². The van der Waals surface area contributed by atoms with Crippen LogP contribution in [0.3, 0.4) is 0 Å². The first-order valence-corrected chi connectivity index (χ1v) is 16.6. The summed E-state index contributed by atoms with van der Waals surface area (Å²) >= 11 is 0. The summed E-state index contributed by atoms with van der Waals surface area (Å²) < 4.78 is 0. The van der Waals surface area contributed by atoms with Gasteiger partial charge in [0, 0.05) is 8.07 Å². The van der Waals surface area contributed by atoms with Crippen LogP contribution in [-0.2, 0) is 0 Å². The number of benzene rings is 3. The number of allylic oxidation sites excluding steroid dienone is 2. The number of hydrogen-bond acceptors (Lipinski definition) is 0. The van der Waals surface area contributed by atoms with Gasteiger partial charge in [-0.25, -0.2) is 0 Å². The van der Waals surface area contributed by atoms with Crippen LogP contribution >= 0.6 is 0 Å². The Morgan fingerprint density at radius 1 is 0.517 bits per heavy atom. The van der Waals surface area contributed by atoms with Crippen LogP contribution in [0.1, 0.15) is 13.8 Å². The van der Waals surface area contributed by atoms with E-state index in [1.165, 1.54) is 21.6 Å². The predicted octanol–water partition coefficient (Wildman–Crippen LogP) is 5.83. The van der Waals surface area contributed by atoms with Gasteiger partial charge in [0.05, 0.1) is 0 Å². The van der Waals surface area contributed by atoms with Gasteiger partial charge in [-0.2, -0.15) is 0 Å². The molecule has 0 aromatic heterocycles. The largest absolute Gasteiger partial charge is 0.152 e. The summed E-state index contributed by atoms with van der Waals surface area (Å²) in [5, 5.41) is 4.49. The van der Waals surface area contributed by atoms with Gasteiger partial charge < -0.3 is 0 Å². The summed E-state index contributed by atoms with van der Waals surface area (Å²) in [4.78, 5) is 0. The molecule has 0 aliphatic rings. The number of rotatable bonds is 7. The van der Waals surface area contributed by atoms with Crippen molar-refractivity contribution in [3.8, 4) is 0 Å². The Labute approximate surface area is 179 Å². The van der Waals surface area contributed by atoms with Crippen molar-refractivity contribution < 1.29 is 0 Å². The fourth-order valence-corrected chi connectivity index (χ4v) is 11.4. The smallest absolute Gasteiger partial charge is 0.0773 e. The maximum atomic E-state index is 2.47. The Bertz CT molecular complexity index is 839. The van der Waals surface area contributed by atoms with Crippen molar-refractivity contribution in [1.29, 1.82) is 0 Å². The standard InChI is InChI=1S/C27H34Si2/c1-23(21-28(3,4)5)24(2)22-29(25-15-9-6-10-16-25,26-17-11-7-12-18-26)27-19-13-8-14-20-27/h6-20H,21-22H2,1-5H3/b24-23+. The molecule has 0 aliphatic heterocycles. The highest BCUT2D eigenvalue weighted by molar-refractivity contribution is 7.11. The Morgan fingerprint density at radius 2 is 0.828 bits per heavy atom. The van der Waals surface area contributed by atoms with Crippen molar-refractivity contribution in [3.63, 3.8) is 0 Å². The Kier molecular flexibility index (Phi) is 6.76. The molecule has 3 rings (SSSR count). The summed E-state index contributed by atoms with van der Waals surface area (Å²) in [7, 11) is -3.31. The monoisotopic (exact) mass is 414 g/mol. The molecule has 0 N–H and O–H groups in total. The minimum absolute atomic E-state index is 1.14. The molecule has 0 spiro atoms. The molecular weight excluding hydrogens is 380 g/mol. The van der Waals surface area contributed by atoms with Gasteiger partial charge >= 0.3 is 0 Å². The highest BCUT2D eigenvalue weighted by atomic mass is 28.3. The molecule has 0 amide bonds. The fourth-order valence-electron chi connectivity index (χ4n) is 4.47. The van der Waals surface area contributed by atoms with E-state index in [-0.39, 0.29) is 0 Å². The molecule has 0 atom stereocenters. The van der Waals surface area contributed by atoms with Gasteiger partial charge in [-0.1, -0.05) is 122 Å². The highest BCUT2D eigenvalue weighted by Gasteiger charge is 2.39. The van der Waals surface area contributed by atoms with E-state index in [4.69, 9.17) is 0 Å². The summed E-state index contributed by atoms with van der Waals surface area (Å²) in [5.41, 5.74) is 3.18. The van der Waals surface area contributed by atoms with E-state index in [1.807, 2.05) is 0 Å². The second kappa shape index (κ2) is 9.10. The Balaban J connectivity index is 2.24. The van der Waals surface area contributed by atoms with Crippen LogP contribution < -0.4 is 15.6 Å². The molecule has 0 fully saturated rings. The third kappa shape index (κ3) is 5.06. The normalized spacial score (nSPS) is 13.1. The zero-order chi connectivity index (χ0) is 20.9. The van der Waals surface area contributed by atoms with Crippen LogP contribution in [0.2, 0.25) is 31.7 Å². The summed E-state index contributed by atoms with van der Waals surface area (Å²) in [6, 6.07) is 36.2. The van der Waals surface area contributed by atoms with Gasteiger partial charge in [-0.3, -0.25) is 0 Å². The molecule has 0 aliphatic carbocycles. The average molecular weight is 415 g/mol. The molecule has 29 heavy (non-hydrogen) atoms. The molecular formula is C27H34Si2. The lowest BCUT2D eigenvalue weighted by atomic mass is 10.2. The third-order valence-electron chi connectivity index (χ3n) is 5.85. The quantitative estimate of drug-likeness (QED) is 0.259. The van der Waals surface area contributed by atoms with E-state index in [1.54, 1.807) is 11.1 Å². The van der Waals surface area contributed by atoms with E-state index in [2.05, 4.69) is 124 Å². The minimum atomic E-state index is -2.17. The van der Waals surface area contributed by atoms with Crippen LogP contribution in [0.4, 0.5) is 0 Å². The van der Waals surface area contributed by atoms with E-state index < -0.39 is 16.1 Å². The molecule has 3 aromatic rings. The third-order valence-corrected chi connectivity index (χ3v) is 12.5. The molecule has 0 nitrogen and oxygen atoms in total. The highest BCUT2D eigenvalue weighted by Crippen LogP contribution is 2.25. The van der Waals surface area contributed by atoms with E-state index in [9.17, 15) is 0 Å². The van der Waals surface area contributed by atoms with Crippen LogP contribution in [0.25, 0.3) is 0 Å². The lowest BCUT2D eigenvalue weighted by Crippen LogP contribution is -2.67. The zero-order valence-corrected chi connectivity index (χ0v) is 20.6. The maximum Gasteiger partial charge on any atom is 0.152 e. The minimum Gasteiger partial charge on any atom is -0.0773 e. The maximum absolute atomic E-state index is 2.47.